The molecule has 2 N–H and O–H groups in total. The maximum absolute atomic E-state index is 12.0. The lowest BCUT2D eigenvalue weighted by molar-refractivity contribution is -0.134. The predicted molar refractivity (Wildman–Crippen MR) is 64.5 cm³/mol. The van der Waals surface area contributed by atoms with Crippen LogP contribution in [0, 0.1) is 5.92 Å². The second-order valence-electron chi connectivity index (χ2n) is 4.28. The van der Waals surface area contributed by atoms with E-state index < -0.39 is 6.04 Å². The van der Waals surface area contributed by atoms with Gasteiger partial charge in [-0.25, -0.2) is 0 Å². The van der Waals surface area contributed by atoms with Gasteiger partial charge in [-0.15, -0.1) is 6.58 Å². The normalized spacial score (nSPS) is 14.8. The smallest absolute Gasteiger partial charge is 0.240 e. The zero-order valence-corrected chi connectivity index (χ0v) is 10.4. The molecule has 0 aliphatic heterocycles. The molecule has 0 radical (unpaired) electrons. The van der Waals surface area contributed by atoms with Crippen LogP contribution in [0.1, 0.15) is 34.1 Å². The maximum atomic E-state index is 12.0. The molecule has 0 bridgehead atoms. The van der Waals surface area contributed by atoms with Crippen LogP contribution in [-0.2, 0) is 4.79 Å². The first-order valence-electron chi connectivity index (χ1n) is 5.62. The van der Waals surface area contributed by atoms with Gasteiger partial charge in [-0.1, -0.05) is 26.3 Å². The SMILES string of the molecule is C=CCN(C(=O)[C@@H](N)[C@@H](C)CC)C(C)C. The highest BCUT2D eigenvalue weighted by Crippen LogP contribution is 2.10. The Kier molecular flexibility index (Phi) is 6.25. The highest BCUT2D eigenvalue weighted by Gasteiger charge is 2.25. The quantitative estimate of drug-likeness (QED) is 0.682. The summed E-state index contributed by atoms with van der Waals surface area (Å²) in [5.74, 6) is 0.253. The summed E-state index contributed by atoms with van der Waals surface area (Å²) in [7, 11) is 0. The van der Waals surface area contributed by atoms with E-state index in [1.165, 1.54) is 0 Å². The van der Waals surface area contributed by atoms with E-state index in [2.05, 4.69) is 6.58 Å². The van der Waals surface area contributed by atoms with Crippen molar-refractivity contribution in [2.45, 2.75) is 46.2 Å². The van der Waals surface area contributed by atoms with E-state index in [0.29, 0.717) is 6.54 Å². The number of carbonyl (C=O) groups is 1. The molecule has 3 nitrogen and oxygen atoms in total. The molecule has 0 aliphatic rings. The van der Waals surface area contributed by atoms with Crippen LogP contribution in [0.25, 0.3) is 0 Å². The number of carbonyl (C=O) groups excluding carboxylic acids is 1. The van der Waals surface area contributed by atoms with Crippen molar-refractivity contribution in [3.05, 3.63) is 12.7 Å². The van der Waals surface area contributed by atoms with Crippen molar-refractivity contribution in [2.75, 3.05) is 6.54 Å². The van der Waals surface area contributed by atoms with Crippen LogP contribution in [0.5, 0.6) is 0 Å². The van der Waals surface area contributed by atoms with Gasteiger partial charge in [-0.2, -0.15) is 0 Å². The average molecular weight is 212 g/mol. The number of hydrogen-bond donors (Lipinski definition) is 1. The van der Waals surface area contributed by atoms with E-state index in [4.69, 9.17) is 5.73 Å². The van der Waals surface area contributed by atoms with Gasteiger partial charge in [-0.3, -0.25) is 4.79 Å². The molecule has 0 aliphatic carbocycles. The minimum absolute atomic E-state index is 0.0271. The summed E-state index contributed by atoms with van der Waals surface area (Å²) < 4.78 is 0. The molecule has 1 amide bonds. The standard InChI is InChI=1S/C12H24N2O/c1-6-8-14(9(3)4)12(15)11(13)10(5)7-2/h6,9-11H,1,7-8,13H2,2-5H3/t10-,11-/m0/s1. The van der Waals surface area contributed by atoms with E-state index >= 15 is 0 Å². The molecular formula is C12H24N2O. The Labute approximate surface area is 93.3 Å². The third-order valence-corrected chi connectivity index (χ3v) is 2.77. The van der Waals surface area contributed by atoms with Crippen LogP contribution < -0.4 is 5.73 Å². The lowest BCUT2D eigenvalue weighted by atomic mass is 9.98. The van der Waals surface area contributed by atoms with Crippen LogP contribution >= 0.6 is 0 Å². The average Bonchev–Trinajstić information content (AvgIpc) is 2.22. The highest BCUT2D eigenvalue weighted by molar-refractivity contribution is 5.82. The first kappa shape index (κ1) is 14.2. The van der Waals surface area contributed by atoms with Crippen molar-refractivity contribution in [2.24, 2.45) is 11.7 Å². The van der Waals surface area contributed by atoms with Crippen molar-refractivity contribution in [1.29, 1.82) is 0 Å². The molecule has 0 heterocycles. The molecule has 0 aromatic rings. The fourth-order valence-corrected chi connectivity index (χ4v) is 1.38. The van der Waals surface area contributed by atoms with E-state index in [-0.39, 0.29) is 17.9 Å². The molecule has 0 spiro atoms. The second kappa shape index (κ2) is 6.62. The van der Waals surface area contributed by atoms with Gasteiger partial charge in [0.2, 0.25) is 5.91 Å². The summed E-state index contributed by atoms with van der Waals surface area (Å²) >= 11 is 0. The molecule has 0 aromatic carbocycles. The number of hydrogen-bond acceptors (Lipinski definition) is 2. The van der Waals surface area contributed by atoms with Crippen LogP contribution in [0.2, 0.25) is 0 Å². The fraction of sp³-hybridized carbons (Fsp3) is 0.750. The molecule has 0 saturated carbocycles. The van der Waals surface area contributed by atoms with Crippen LogP contribution in [0.15, 0.2) is 12.7 Å². The van der Waals surface area contributed by atoms with Gasteiger partial charge in [0.1, 0.15) is 0 Å². The zero-order valence-electron chi connectivity index (χ0n) is 10.4. The third-order valence-electron chi connectivity index (χ3n) is 2.77. The minimum atomic E-state index is -0.391. The number of amides is 1. The molecule has 0 fully saturated rings. The minimum Gasteiger partial charge on any atom is -0.335 e. The molecule has 0 rings (SSSR count). The van der Waals surface area contributed by atoms with Crippen LogP contribution in [0.4, 0.5) is 0 Å². The first-order valence-corrected chi connectivity index (χ1v) is 5.62. The highest BCUT2D eigenvalue weighted by atomic mass is 16.2. The Bertz CT molecular complexity index is 214. The van der Waals surface area contributed by atoms with Crippen molar-refractivity contribution in [1.82, 2.24) is 4.90 Å². The van der Waals surface area contributed by atoms with Crippen molar-refractivity contribution >= 4 is 5.91 Å². The van der Waals surface area contributed by atoms with Crippen molar-refractivity contribution in [3.63, 3.8) is 0 Å². The molecule has 2 atom stereocenters. The van der Waals surface area contributed by atoms with Crippen LogP contribution in [0.3, 0.4) is 0 Å². The summed E-state index contributed by atoms with van der Waals surface area (Å²) in [5.41, 5.74) is 5.91. The van der Waals surface area contributed by atoms with Gasteiger partial charge in [0.05, 0.1) is 6.04 Å². The maximum Gasteiger partial charge on any atom is 0.240 e. The summed E-state index contributed by atoms with van der Waals surface area (Å²) in [4.78, 5) is 13.8. The van der Waals surface area contributed by atoms with Crippen LogP contribution in [-0.4, -0.2) is 29.4 Å². The molecule has 3 heteroatoms. The largest absolute Gasteiger partial charge is 0.335 e. The van der Waals surface area contributed by atoms with Gasteiger partial charge in [0.15, 0.2) is 0 Å². The third kappa shape index (κ3) is 4.04. The number of rotatable bonds is 6. The molecule has 0 saturated heterocycles. The number of nitrogens with zero attached hydrogens (tertiary/aromatic N) is 1. The fourth-order valence-electron chi connectivity index (χ4n) is 1.38. The lowest BCUT2D eigenvalue weighted by Crippen LogP contribution is -2.49. The van der Waals surface area contributed by atoms with E-state index in [0.717, 1.165) is 6.42 Å². The molecule has 0 unspecified atom stereocenters. The van der Waals surface area contributed by atoms with Gasteiger partial charge in [0.25, 0.3) is 0 Å². The summed E-state index contributed by atoms with van der Waals surface area (Å²) in [6.45, 7) is 12.3. The first-order chi connectivity index (χ1) is 6.95. The lowest BCUT2D eigenvalue weighted by Gasteiger charge is -2.30. The summed E-state index contributed by atoms with van der Waals surface area (Å²) in [6.07, 6.45) is 2.66. The van der Waals surface area contributed by atoms with E-state index in [9.17, 15) is 4.79 Å². The number of nitrogens with two attached hydrogens (primary N) is 1. The Hall–Kier alpha value is -0.830. The van der Waals surface area contributed by atoms with Gasteiger partial charge in [-0.05, 0) is 19.8 Å². The Morgan fingerprint density at radius 2 is 2.00 bits per heavy atom. The predicted octanol–water partition coefficient (Wildman–Crippen LogP) is 1.78. The molecule has 0 aromatic heterocycles. The van der Waals surface area contributed by atoms with Gasteiger partial charge < -0.3 is 10.6 Å². The molecule has 88 valence electrons. The van der Waals surface area contributed by atoms with E-state index in [1.54, 1.807) is 11.0 Å². The van der Waals surface area contributed by atoms with Gasteiger partial charge in [0, 0.05) is 12.6 Å². The summed E-state index contributed by atoms with van der Waals surface area (Å²) in [6, 6.07) is -0.219. The Morgan fingerprint density at radius 1 is 1.47 bits per heavy atom. The Morgan fingerprint density at radius 3 is 2.33 bits per heavy atom. The van der Waals surface area contributed by atoms with Gasteiger partial charge >= 0.3 is 0 Å². The Balaban J connectivity index is 4.55. The van der Waals surface area contributed by atoms with E-state index in [1.807, 2.05) is 27.7 Å². The second-order valence-corrected chi connectivity index (χ2v) is 4.28. The summed E-state index contributed by atoms with van der Waals surface area (Å²) in [5, 5.41) is 0. The zero-order chi connectivity index (χ0) is 12.0. The van der Waals surface area contributed by atoms with Crippen molar-refractivity contribution < 1.29 is 4.79 Å². The molecule has 15 heavy (non-hydrogen) atoms. The topological polar surface area (TPSA) is 46.3 Å². The molecular weight excluding hydrogens is 188 g/mol. The monoisotopic (exact) mass is 212 g/mol. The van der Waals surface area contributed by atoms with Crippen molar-refractivity contribution in [3.8, 4) is 0 Å².